The third-order valence-electron chi connectivity index (χ3n) is 4.71. The second kappa shape index (κ2) is 14.5. The van der Waals surface area contributed by atoms with Gasteiger partial charge >= 0.3 is 5.97 Å². The minimum absolute atomic E-state index is 0.0742. The normalized spacial score (nSPS) is 22.5. The van der Waals surface area contributed by atoms with E-state index in [1.165, 1.54) is 17.1 Å². The molecule has 0 unspecified atom stereocenters. The standard InChI is InChI=1S/C16H18N2O6.3C2H6/c19-12-5-6-13(20)17(12)9-10-1-3-11(4-2-10)16(23)24-18-14(21)7-8-15(18)22;3*1-2/h5-6,10-11H,1-4,7-9H2;3*1-2H3. The van der Waals surface area contributed by atoms with Gasteiger partial charge in [0.25, 0.3) is 23.6 Å². The zero-order chi connectivity index (χ0) is 23.3. The Morgan fingerprint density at radius 2 is 1.27 bits per heavy atom. The number of amides is 4. The van der Waals surface area contributed by atoms with Crippen LogP contribution in [0.3, 0.4) is 0 Å². The van der Waals surface area contributed by atoms with Gasteiger partial charge in [-0.05, 0) is 31.6 Å². The van der Waals surface area contributed by atoms with Gasteiger partial charge in [-0.25, -0.2) is 4.79 Å². The highest BCUT2D eigenvalue weighted by Crippen LogP contribution is 2.31. The highest BCUT2D eigenvalue weighted by molar-refractivity contribution is 6.12. The Kier molecular flexibility index (Phi) is 13.3. The summed E-state index contributed by atoms with van der Waals surface area (Å²) in [6, 6.07) is 0. The maximum Gasteiger partial charge on any atom is 0.336 e. The van der Waals surface area contributed by atoms with Crippen molar-refractivity contribution >= 4 is 29.6 Å². The van der Waals surface area contributed by atoms with E-state index < -0.39 is 17.8 Å². The summed E-state index contributed by atoms with van der Waals surface area (Å²) < 4.78 is 0. The predicted octanol–water partition coefficient (Wildman–Crippen LogP) is 3.40. The van der Waals surface area contributed by atoms with Crippen LogP contribution >= 0.6 is 0 Å². The molecule has 0 aromatic carbocycles. The lowest BCUT2D eigenvalue weighted by Gasteiger charge is -2.29. The van der Waals surface area contributed by atoms with Crippen LogP contribution in [-0.2, 0) is 28.8 Å². The van der Waals surface area contributed by atoms with Crippen LogP contribution in [0, 0.1) is 11.8 Å². The summed E-state index contributed by atoms with van der Waals surface area (Å²) in [4.78, 5) is 64.3. The maximum absolute atomic E-state index is 12.1. The molecule has 2 heterocycles. The molecular weight excluding hydrogens is 388 g/mol. The van der Waals surface area contributed by atoms with Gasteiger partial charge in [-0.1, -0.05) is 41.5 Å². The number of carbonyl (C=O) groups is 5. The summed E-state index contributed by atoms with van der Waals surface area (Å²) >= 11 is 0. The van der Waals surface area contributed by atoms with Gasteiger partial charge in [0.05, 0.1) is 5.92 Å². The lowest BCUT2D eigenvalue weighted by molar-refractivity contribution is -0.201. The molecule has 3 aliphatic rings. The second-order valence-corrected chi connectivity index (χ2v) is 6.33. The zero-order valence-electron chi connectivity index (χ0n) is 19.1. The van der Waals surface area contributed by atoms with Gasteiger partial charge in [0, 0.05) is 31.5 Å². The average Bonchev–Trinajstić information content (AvgIpc) is 3.28. The Labute approximate surface area is 179 Å². The third-order valence-corrected chi connectivity index (χ3v) is 4.71. The molecule has 170 valence electrons. The number of imide groups is 2. The number of nitrogens with zero attached hydrogens (tertiary/aromatic N) is 2. The third kappa shape index (κ3) is 7.39. The molecule has 0 aromatic heterocycles. The molecule has 2 fully saturated rings. The topological polar surface area (TPSA) is 101 Å². The van der Waals surface area contributed by atoms with Crippen LogP contribution in [0.25, 0.3) is 0 Å². The predicted molar refractivity (Wildman–Crippen MR) is 113 cm³/mol. The first-order valence-corrected chi connectivity index (χ1v) is 11.1. The summed E-state index contributed by atoms with van der Waals surface area (Å²) in [5.74, 6) is -2.35. The smallest absolute Gasteiger partial charge is 0.330 e. The van der Waals surface area contributed by atoms with Crippen molar-refractivity contribution in [2.75, 3.05) is 6.54 Å². The van der Waals surface area contributed by atoms with E-state index in [9.17, 15) is 24.0 Å². The lowest BCUT2D eigenvalue weighted by Crippen LogP contribution is -2.38. The van der Waals surface area contributed by atoms with Crippen LogP contribution in [-0.4, -0.2) is 46.1 Å². The lowest BCUT2D eigenvalue weighted by atomic mass is 9.82. The first kappa shape index (κ1) is 27.5. The fourth-order valence-corrected chi connectivity index (χ4v) is 3.27. The highest BCUT2D eigenvalue weighted by atomic mass is 16.7. The van der Waals surface area contributed by atoms with Crippen LogP contribution in [0.15, 0.2) is 12.2 Å². The quantitative estimate of drug-likeness (QED) is 0.641. The van der Waals surface area contributed by atoms with Crippen molar-refractivity contribution < 1.29 is 28.8 Å². The minimum atomic E-state index is -0.563. The van der Waals surface area contributed by atoms with Crippen molar-refractivity contribution in [3.05, 3.63) is 12.2 Å². The number of hydroxylamine groups is 2. The second-order valence-electron chi connectivity index (χ2n) is 6.33. The molecule has 0 radical (unpaired) electrons. The number of carbonyl (C=O) groups excluding carboxylic acids is 5. The Bertz CT molecular complexity index is 602. The number of hydrogen-bond donors (Lipinski definition) is 0. The van der Waals surface area contributed by atoms with Gasteiger partial charge in [-0.2, -0.15) is 0 Å². The van der Waals surface area contributed by atoms with E-state index in [2.05, 4.69) is 0 Å². The molecule has 0 bridgehead atoms. The summed E-state index contributed by atoms with van der Waals surface area (Å²) in [5, 5.41) is 0.571. The molecule has 0 spiro atoms. The maximum atomic E-state index is 12.1. The van der Waals surface area contributed by atoms with Crippen molar-refractivity contribution in [1.29, 1.82) is 0 Å². The van der Waals surface area contributed by atoms with Crippen molar-refractivity contribution in [2.45, 2.75) is 80.1 Å². The Morgan fingerprint density at radius 3 is 1.70 bits per heavy atom. The Balaban J connectivity index is 0.00000129. The van der Waals surface area contributed by atoms with E-state index >= 15 is 0 Å². The van der Waals surface area contributed by atoms with Crippen LogP contribution in [0.5, 0.6) is 0 Å². The molecule has 3 rings (SSSR count). The van der Waals surface area contributed by atoms with Gasteiger partial charge in [0.1, 0.15) is 0 Å². The number of rotatable bonds is 4. The molecule has 8 heteroatoms. The Morgan fingerprint density at radius 1 is 0.833 bits per heavy atom. The van der Waals surface area contributed by atoms with Crippen LogP contribution in [0.4, 0.5) is 0 Å². The van der Waals surface area contributed by atoms with E-state index in [1.54, 1.807) is 0 Å². The fourth-order valence-electron chi connectivity index (χ4n) is 3.27. The summed E-state index contributed by atoms with van der Waals surface area (Å²) in [7, 11) is 0. The highest BCUT2D eigenvalue weighted by Gasteiger charge is 2.36. The van der Waals surface area contributed by atoms with Crippen LogP contribution in [0.2, 0.25) is 0 Å². The van der Waals surface area contributed by atoms with E-state index in [1.807, 2.05) is 41.5 Å². The average molecular weight is 425 g/mol. The van der Waals surface area contributed by atoms with Crippen LogP contribution < -0.4 is 0 Å². The van der Waals surface area contributed by atoms with Gasteiger partial charge < -0.3 is 4.84 Å². The van der Waals surface area contributed by atoms with E-state index in [-0.39, 0.29) is 36.5 Å². The van der Waals surface area contributed by atoms with Crippen molar-refractivity contribution in [3.63, 3.8) is 0 Å². The van der Waals surface area contributed by atoms with Gasteiger partial charge in [0.15, 0.2) is 0 Å². The number of hydrogen-bond acceptors (Lipinski definition) is 6. The molecule has 0 aromatic rings. The largest absolute Gasteiger partial charge is 0.336 e. The van der Waals surface area contributed by atoms with Gasteiger partial charge in [-0.15, -0.1) is 5.06 Å². The van der Waals surface area contributed by atoms with Crippen molar-refractivity contribution in [1.82, 2.24) is 9.96 Å². The first-order valence-electron chi connectivity index (χ1n) is 11.1. The minimum Gasteiger partial charge on any atom is -0.330 e. The van der Waals surface area contributed by atoms with Crippen molar-refractivity contribution in [2.24, 2.45) is 11.8 Å². The molecule has 0 atom stereocenters. The first-order chi connectivity index (χ1) is 14.5. The molecule has 1 aliphatic carbocycles. The fraction of sp³-hybridized carbons (Fsp3) is 0.682. The molecule has 4 amide bonds. The van der Waals surface area contributed by atoms with E-state index in [0.717, 1.165) is 0 Å². The molecule has 2 aliphatic heterocycles. The van der Waals surface area contributed by atoms with E-state index in [4.69, 9.17) is 4.84 Å². The monoisotopic (exact) mass is 424 g/mol. The molecule has 1 saturated carbocycles. The summed E-state index contributed by atoms with van der Waals surface area (Å²) in [5.41, 5.74) is 0. The van der Waals surface area contributed by atoms with E-state index in [0.29, 0.717) is 37.3 Å². The summed E-state index contributed by atoms with van der Waals surface area (Å²) in [6.07, 6.45) is 5.12. The SMILES string of the molecule is CC.CC.CC.O=C(ON1C(=O)CCC1=O)C1CCC(CN2C(=O)C=CC2=O)CC1. The van der Waals surface area contributed by atoms with Crippen LogP contribution in [0.1, 0.15) is 80.1 Å². The molecule has 30 heavy (non-hydrogen) atoms. The van der Waals surface area contributed by atoms with Gasteiger partial charge in [-0.3, -0.25) is 24.1 Å². The Hall–Kier alpha value is -2.51. The van der Waals surface area contributed by atoms with Gasteiger partial charge in [0.2, 0.25) is 0 Å². The van der Waals surface area contributed by atoms with Crippen molar-refractivity contribution in [3.8, 4) is 0 Å². The molecular formula is C22H36N2O6. The molecule has 0 N–H and O–H groups in total. The molecule has 1 saturated heterocycles. The zero-order valence-corrected chi connectivity index (χ0v) is 19.1. The summed E-state index contributed by atoms with van der Waals surface area (Å²) in [6.45, 7) is 12.4. The molecule has 8 nitrogen and oxygen atoms in total.